The van der Waals surface area contributed by atoms with Crippen LogP contribution in [0.3, 0.4) is 0 Å². The van der Waals surface area contributed by atoms with Crippen LogP contribution in [0.15, 0.2) is 0 Å². The highest BCUT2D eigenvalue weighted by Gasteiger charge is 2.57. The maximum atomic E-state index is 12.2. The molecule has 0 saturated carbocycles. The number of rotatable bonds is 0. The van der Waals surface area contributed by atoms with E-state index in [0.29, 0.717) is 0 Å². The van der Waals surface area contributed by atoms with Crippen molar-refractivity contribution in [2.24, 2.45) is 0 Å². The standard InChI is InChI=1S/C7H12F3NO2/c1-6(2)5(12)3-4(11(6)13)7(8,9)10/h4-5,11-12H,3H2,1-2H3. The fourth-order valence-electron chi connectivity index (χ4n) is 1.52. The molecule has 1 saturated heterocycles. The molecule has 0 radical (unpaired) electrons. The Labute approximate surface area is 73.7 Å². The molecule has 2 N–H and O–H groups in total. The number of aliphatic hydroxyl groups excluding tert-OH is 1. The number of hydrogen-bond acceptors (Lipinski definition) is 2. The van der Waals surface area contributed by atoms with Crippen molar-refractivity contribution in [1.29, 1.82) is 0 Å². The Bertz CT molecular complexity index is 204. The van der Waals surface area contributed by atoms with Crippen LogP contribution in [0.4, 0.5) is 13.2 Å². The molecule has 1 rings (SSSR count). The molecule has 0 aromatic rings. The van der Waals surface area contributed by atoms with Crippen LogP contribution >= 0.6 is 0 Å². The Balaban J connectivity index is 2.86. The van der Waals surface area contributed by atoms with E-state index in [1.54, 1.807) is 0 Å². The maximum Gasteiger partial charge on any atom is 0.441 e. The molecule has 1 aliphatic rings. The van der Waals surface area contributed by atoms with Crippen LogP contribution in [-0.2, 0) is 0 Å². The molecular weight excluding hydrogens is 187 g/mol. The lowest BCUT2D eigenvalue weighted by Gasteiger charge is -2.36. The Kier molecular flexibility index (Phi) is 2.34. The van der Waals surface area contributed by atoms with E-state index >= 15 is 0 Å². The number of hydroxylamine groups is 2. The summed E-state index contributed by atoms with van der Waals surface area (Å²) in [6.07, 6.45) is -6.21. The van der Waals surface area contributed by atoms with Crippen molar-refractivity contribution >= 4 is 0 Å². The first-order chi connectivity index (χ1) is 5.67. The summed E-state index contributed by atoms with van der Waals surface area (Å²) in [5.74, 6) is 0. The van der Waals surface area contributed by atoms with E-state index in [2.05, 4.69) is 0 Å². The number of hydrogen-bond donors (Lipinski definition) is 2. The zero-order valence-corrected chi connectivity index (χ0v) is 7.35. The van der Waals surface area contributed by atoms with Crippen LogP contribution < -0.4 is 5.06 Å². The molecule has 3 nitrogen and oxygen atoms in total. The van der Waals surface area contributed by atoms with E-state index in [4.69, 9.17) is 0 Å². The van der Waals surface area contributed by atoms with Crippen molar-refractivity contribution in [2.45, 2.75) is 44.1 Å². The zero-order valence-electron chi connectivity index (χ0n) is 7.35. The van der Waals surface area contributed by atoms with Gasteiger partial charge in [-0.15, -0.1) is 0 Å². The third-order valence-corrected chi connectivity index (χ3v) is 2.64. The summed E-state index contributed by atoms with van der Waals surface area (Å²) >= 11 is 0. The molecule has 3 atom stereocenters. The lowest BCUT2D eigenvalue weighted by atomic mass is 10.00. The van der Waals surface area contributed by atoms with E-state index in [-0.39, 0.29) is 0 Å². The summed E-state index contributed by atoms with van der Waals surface area (Å²) in [7, 11) is 0. The van der Waals surface area contributed by atoms with Crippen LogP contribution in [0.1, 0.15) is 20.3 Å². The average Bonchev–Trinajstić information content (AvgIpc) is 2.12. The molecule has 0 aliphatic carbocycles. The van der Waals surface area contributed by atoms with Gasteiger partial charge in [0.25, 0.3) is 0 Å². The molecule has 1 fully saturated rings. The molecule has 1 aliphatic heterocycles. The Morgan fingerprint density at radius 1 is 1.46 bits per heavy atom. The third kappa shape index (κ3) is 1.66. The van der Waals surface area contributed by atoms with E-state index < -0.39 is 35.3 Å². The van der Waals surface area contributed by atoms with Crippen molar-refractivity contribution in [1.82, 2.24) is 0 Å². The van der Waals surface area contributed by atoms with Crippen LogP contribution in [-0.4, -0.2) is 29.0 Å². The lowest BCUT2D eigenvalue weighted by molar-refractivity contribution is -0.923. The van der Waals surface area contributed by atoms with Gasteiger partial charge in [0.15, 0.2) is 6.04 Å². The minimum atomic E-state index is -4.52. The molecule has 13 heavy (non-hydrogen) atoms. The number of halogens is 3. The summed E-state index contributed by atoms with van der Waals surface area (Å²) in [5.41, 5.74) is -1.26. The predicted octanol–water partition coefficient (Wildman–Crippen LogP) is -0.157. The molecule has 0 aromatic heterocycles. The van der Waals surface area contributed by atoms with Gasteiger partial charge in [0.1, 0.15) is 11.6 Å². The Hall–Kier alpha value is -0.330. The molecule has 0 spiro atoms. The van der Waals surface area contributed by atoms with Crippen LogP contribution in [0.5, 0.6) is 0 Å². The SMILES string of the molecule is CC1(C)C(O)CC(C(F)(F)F)[NH+]1[O-]. The van der Waals surface area contributed by atoms with Crippen molar-refractivity contribution < 1.29 is 23.3 Å². The molecule has 3 unspecified atom stereocenters. The molecule has 0 bridgehead atoms. The van der Waals surface area contributed by atoms with Crippen molar-refractivity contribution in [3.63, 3.8) is 0 Å². The predicted molar refractivity (Wildman–Crippen MR) is 38.9 cm³/mol. The lowest BCUT2D eigenvalue weighted by Crippen LogP contribution is -3.18. The second kappa shape index (κ2) is 2.83. The van der Waals surface area contributed by atoms with E-state index in [1.807, 2.05) is 0 Å². The minimum Gasteiger partial charge on any atom is -0.633 e. The monoisotopic (exact) mass is 199 g/mol. The Morgan fingerprint density at radius 2 is 1.92 bits per heavy atom. The normalized spacial score (nSPS) is 39.5. The summed E-state index contributed by atoms with van der Waals surface area (Å²) in [6.45, 7) is 2.68. The van der Waals surface area contributed by atoms with Crippen LogP contribution in [0.2, 0.25) is 0 Å². The highest BCUT2D eigenvalue weighted by Crippen LogP contribution is 2.28. The number of nitrogens with one attached hydrogen (secondary N) is 1. The highest BCUT2D eigenvalue weighted by atomic mass is 19.4. The van der Waals surface area contributed by atoms with E-state index in [1.165, 1.54) is 13.8 Å². The molecule has 78 valence electrons. The number of aliphatic hydroxyl groups is 1. The first-order valence-electron chi connectivity index (χ1n) is 3.96. The second-order valence-corrected chi connectivity index (χ2v) is 3.93. The van der Waals surface area contributed by atoms with Gasteiger partial charge in [0, 0.05) is 6.42 Å². The van der Waals surface area contributed by atoms with Gasteiger partial charge in [-0.25, -0.2) is 0 Å². The van der Waals surface area contributed by atoms with Crippen molar-refractivity contribution in [3.05, 3.63) is 5.21 Å². The quantitative estimate of drug-likeness (QED) is 0.533. The number of quaternary nitrogens is 1. The average molecular weight is 199 g/mol. The first kappa shape index (κ1) is 10.7. The summed E-state index contributed by atoms with van der Waals surface area (Å²) < 4.78 is 36.6. The van der Waals surface area contributed by atoms with Gasteiger partial charge < -0.3 is 15.4 Å². The zero-order chi connectivity index (χ0) is 10.4. The fraction of sp³-hybridized carbons (Fsp3) is 1.00. The molecule has 0 aromatic carbocycles. The summed E-state index contributed by atoms with van der Waals surface area (Å²) in [4.78, 5) is 0. The molecule has 6 heteroatoms. The Morgan fingerprint density at radius 3 is 2.08 bits per heavy atom. The van der Waals surface area contributed by atoms with Gasteiger partial charge in [-0.05, 0) is 13.8 Å². The smallest absolute Gasteiger partial charge is 0.441 e. The van der Waals surface area contributed by atoms with Gasteiger partial charge in [-0.1, -0.05) is 0 Å². The number of alkyl halides is 3. The maximum absolute atomic E-state index is 12.2. The topological polar surface area (TPSA) is 47.7 Å². The minimum absolute atomic E-state index is 0.505. The second-order valence-electron chi connectivity index (χ2n) is 3.93. The van der Waals surface area contributed by atoms with Gasteiger partial charge in [0.05, 0.1) is 0 Å². The van der Waals surface area contributed by atoms with Gasteiger partial charge in [-0.2, -0.15) is 13.2 Å². The van der Waals surface area contributed by atoms with Gasteiger partial charge in [0.2, 0.25) is 0 Å². The van der Waals surface area contributed by atoms with E-state index in [9.17, 15) is 23.5 Å². The molecule has 1 heterocycles. The summed E-state index contributed by atoms with van der Waals surface area (Å²) in [5, 5.41) is 19.5. The van der Waals surface area contributed by atoms with Crippen LogP contribution in [0, 0.1) is 5.21 Å². The van der Waals surface area contributed by atoms with Gasteiger partial charge >= 0.3 is 6.18 Å². The fourth-order valence-corrected chi connectivity index (χ4v) is 1.52. The van der Waals surface area contributed by atoms with Crippen molar-refractivity contribution in [2.75, 3.05) is 0 Å². The van der Waals surface area contributed by atoms with Crippen molar-refractivity contribution in [3.8, 4) is 0 Å². The van der Waals surface area contributed by atoms with Crippen LogP contribution in [0.25, 0.3) is 0 Å². The van der Waals surface area contributed by atoms with Gasteiger partial charge in [-0.3, -0.25) is 0 Å². The largest absolute Gasteiger partial charge is 0.633 e. The molecule has 0 amide bonds. The van der Waals surface area contributed by atoms with E-state index in [0.717, 1.165) is 0 Å². The molecular formula is C7H12F3NO2. The summed E-state index contributed by atoms with van der Waals surface area (Å²) in [6, 6.07) is -1.99. The third-order valence-electron chi connectivity index (χ3n) is 2.64. The highest BCUT2D eigenvalue weighted by molar-refractivity contribution is 4.89. The first-order valence-corrected chi connectivity index (χ1v) is 3.96.